The van der Waals surface area contributed by atoms with Crippen LogP contribution in [0.3, 0.4) is 0 Å². The fourth-order valence-corrected chi connectivity index (χ4v) is 2.06. The first-order valence-corrected chi connectivity index (χ1v) is 9.49. The van der Waals surface area contributed by atoms with Crippen molar-refractivity contribution in [3.63, 3.8) is 0 Å². The van der Waals surface area contributed by atoms with E-state index in [-0.39, 0.29) is 22.4 Å². The molecular formula is C18H24BrNO5. The maximum atomic E-state index is 12.2. The number of rotatable bonds is 10. The van der Waals surface area contributed by atoms with Gasteiger partial charge < -0.3 is 14.8 Å². The van der Waals surface area contributed by atoms with Gasteiger partial charge >= 0.3 is 11.9 Å². The fourth-order valence-electron chi connectivity index (χ4n) is 1.91. The van der Waals surface area contributed by atoms with E-state index in [0.717, 1.165) is 25.7 Å². The monoisotopic (exact) mass is 413 g/mol. The number of nitrogens with one attached hydrogen (secondary N) is 1. The summed E-state index contributed by atoms with van der Waals surface area (Å²) in [5.74, 6) is -1.36. The molecule has 0 saturated heterocycles. The van der Waals surface area contributed by atoms with Crippen molar-refractivity contribution in [1.29, 1.82) is 0 Å². The van der Waals surface area contributed by atoms with Crippen LogP contribution in [0.5, 0.6) is 0 Å². The zero-order valence-corrected chi connectivity index (χ0v) is 16.2. The minimum absolute atomic E-state index is 0.106. The molecule has 0 radical (unpaired) electrons. The van der Waals surface area contributed by atoms with E-state index in [1.165, 1.54) is 18.2 Å². The summed E-state index contributed by atoms with van der Waals surface area (Å²) in [5, 5.41) is 2.72. The SMILES string of the molecule is CCCCOC(=O)c1cc(NC(=O)CBr)cc(C(=O)OCCCC)c1. The van der Waals surface area contributed by atoms with E-state index in [4.69, 9.17) is 9.47 Å². The molecule has 0 bridgehead atoms. The predicted octanol–water partition coefficient (Wildman–Crippen LogP) is 3.93. The molecule has 25 heavy (non-hydrogen) atoms. The Hall–Kier alpha value is -1.89. The smallest absolute Gasteiger partial charge is 0.338 e. The summed E-state index contributed by atoms with van der Waals surface area (Å²) in [7, 11) is 0. The number of hydrogen-bond donors (Lipinski definition) is 1. The molecule has 0 unspecified atom stereocenters. The van der Waals surface area contributed by atoms with Crippen LogP contribution in [-0.4, -0.2) is 36.4 Å². The van der Waals surface area contributed by atoms with Gasteiger partial charge in [-0.15, -0.1) is 0 Å². The number of ether oxygens (including phenoxy) is 2. The van der Waals surface area contributed by atoms with E-state index in [1.54, 1.807) is 0 Å². The number of halogens is 1. The van der Waals surface area contributed by atoms with E-state index < -0.39 is 11.9 Å². The Morgan fingerprint density at radius 2 is 1.40 bits per heavy atom. The summed E-state index contributed by atoms with van der Waals surface area (Å²) >= 11 is 3.06. The molecule has 0 atom stereocenters. The normalized spacial score (nSPS) is 10.2. The van der Waals surface area contributed by atoms with Crippen LogP contribution >= 0.6 is 15.9 Å². The van der Waals surface area contributed by atoms with Crippen LogP contribution in [0, 0.1) is 0 Å². The average molecular weight is 414 g/mol. The van der Waals surface area contributed by atoms with Gasteiger partial charge in [-0.2, -0.15) is 0 Å². The number of hydrogen-bond acceptors (Lipinski definition) is 5. The van der Waals surface area contributed by atoms with Crippen molar-refractivity contribution in [3.8, 4) is 0 Å². The van der Waals surface area contributed by atoms with Gasteiger partial charge in [0, 0.05) is 5.69 Å². The molecule has 1 aromatic carbocycles. The Morgan fingerprint density at radius 3 is 1.80 bits per heavy atom. The molecular weight excluding hydrogens is 390 g/mol. The van der Waals surface area contributed by atoms with Crippen LogP contribution in [0.15, 0.2) is 18.2 Å². The number of unbranched alkanes of at least 4 members (excludes halogenated alkanes) is 2. The third-order valence-corrected chi connectivity index (χ3v) is 3.78. The molecule has 1 N–H and O–H groups in total. The third-order valence-electron chi connectivity index (χ3n) is 3.27. The quantitative estimate of drug-likeness (QED) is 0.356. The van der Waals surface area contributed by atoms with Gasteiger partial charge in [-0.1, -0.05) is 42.6 Å². The standard InChI is InChI=1S/C18H24BrNO5/c1-3-5-7-24-17(22)13-9-14(18(23)25-8-6-4-2)11-15(10-13)20-16(21)12-19/h9-11H,3-8,12H2,1-2H3,(H,20,21). The van der Waals surface area contributed by atoms with E-state index >= 15 is 0 Å². The zero-order valence-electron chi connectivity index (χ0n) is 14.6. The molecule has 0 fully saturated rings. The van der Waals surface area contributed by atoms with Gasteiger partial charge in [0.05, 0.1) is 29.7 Å². The molecule has 0 saturated carbocycles. The molecule has 0 aliphatic rings. The molecule has 6 nitrogen and oxygen atoms in total. The maximum absolute atomic E-state index is 12.2. The van der Waals surface area contributed by atoms with Crippen molar-refractivity contribution >= 4 is 39.5 Å². The van der Waals surface area contributed by atoms with Gasteiger partial charge in [0.1, 0.15) is 0 Å². The predicted molar refractivity (Wildman–Crippen MR) is 99.2 cm³/mol. The van der Waals surface area contributed by atoms with Gasteiger partial charge in [0.25, 0.3) is 0 Å². The summed E-state index contributed by atoms with van der Waals surface area (Å²) < 4.78 is 10.4. The summed E-state index contributed by atoms with van der Waals surface area (Å²) in [6.45, 7) is 4.61. The minimum atomic E-state index is -0.536. The van der Waals surface area contributed by atoms with Crippen LogP contribution < -0.4 is 5.32 Å². The van der Waals surface area contributed by atoms with Gasteiger partial charge in [-0.3, -0.25) is 4.79 Å². The van der Waals surface area contributed by atoms with Crippen LogP contribution in [0.1, 0.15) is 60.2 Å². The van der Waals surface area contributed by atoms with Crippen LogP contribution in [0.4, 0.5) is 5.69 Å². The highest BCUT2D eigenvalue weighted by molar-refractivity contribution is 9.09. The Balaban J connectivity index is 2.99. The van der Waals surface area contributed by atoms with Crippen molar-refractivity contribution < 1.29 is 23.9 Å². The second-order valence-corrected chi connectivity index (χ2v) is 6.02. The summed E-state index contributed by atoms with van der Waals surface area (Å²) in [5.41, 5.74) is 0.744. The van der Waals surface area contributed by atoms with Crippen molar-refractivity contribution in [2.45, 2.75) is 39.5 Å². The highest BCUT2D eigenvalue weighted by Crippen LogP contribution is 2.18. The zero-order chi connectivity index (χ0) is 18.7. The number of anilines is 1. The maximum Gasteiger partial charge on any atom is 0.338 e. The highest BCUT2D eigenvalue weighted by Gasteiger charge is 2.16. The third kappa shape index (κ3) is 7.69. The lowest BCUT2D eigenvalue weighted by molar-refractivity contribution is -0.113. The number of benzene rings is 1. The lowest BCUT2D eigenvalue weighted by Crippen LogP contribution is -2.15. The Bertz CT molecular complexity index is 563. The number of carbonyl (C=O) groups excluding carboxylic acids is 3. The van der Waals surface area contributed by atoms with Gasteiger partial charge in [-0.05, 0) is 31.0 Å². The molecule has 0 aromatic heterocycles. The van der Waals surface area contributed by atoms with Gasteiger partial charge in [-0.25, -0.2) is 9.59 Å². The molecule has 1 rings (SSSR count). The largest absolute Gasteiger partial charge is 0.462 e. The van der Waals surface area contributed by atoms with Crippen molar-refractivity contribution in [3.05, 3.63) is 29.3 Å². The average Bonchev–Trinajstić information content (AvgIpc) is 2.61. The molecule has 0 spiro atoms. The van der Waals surface area contributed by atoms with Crippen LogP contribution in [0.25, 0.3) is 0 Å². The lowest BCUT2D eigenvalue weighted by Gasteiger charge is -2.10. The first kappa shape index (κ1) is 21.2. The van der Waals surface area contributed by atoms with E-state index in [1.807, 2.05) is 13.8 Å². The van der Waals surface area contributed by atoms with Crippen LogP contribution in [0.2, 0.25) is 0 Å². The topological polar surface area (TPSA) is 81.7 Å². The van der Waals surface area contributed by atoms with Crippen molar-refractivity contribution in [2.75, 3.05) is 23.9 Å². The Morgan fingerprint density at radius 1 is 0.920 bits per heavy atom. The molecule has 1 aromatic rings. The summed E-state index contributed by atoms with van der Waals surface area (Å²) in [6, 6.07) is 4.39. The second-order valence-electron chi connectivity index (χ2n) is 5.46. The Kier molecular flexibility index (Phi) is 9.84. The molecule has 1 amide bonds. The number of esters is 2. The Labute approximate surface area is 156 Å². The summed E-state index contributed by atoms with van der Waals surface area (Å²) in [6.07, 6.45) is 3.34. The molecule has 0 aliphatic heterocycles. The summed E-state index contributed by atoms with van der Waals surface area (Å²) in [4.78, 5) is 35.9. The van der Waals surface area contributed by atoms with Crippen LogP contribution in [-0.2, 0) is 14.3 Å². The van der Waals surface area contributed by atoms with Crippen molar-refractivity contribution in [1.82, 2.24) is 0 Å². The number of alkyl halides is 1. The lowest BCUT2D eigenvalue weighted by atomic mass is 10.1. The second kappa shape index (κ2) is 11.6. The number of amides is 1. The van der Waals surface area contributed by atoms with E-state index in [0.29, 0.717) is 18.9 Å². The first-order chi connectivity index (χ1) is 12.0. The molecule has 7 heteroatoms. The molecule has 138 valence electrons. The van der Waals surface area contributed by atoms with Gasteiger partial charge in [0.15, 0.2) is 0 Å². The van der Waals surface area contributed by atoms with E-state index in [2.05, 4.69) is 21.2 Å². The highest BCUT2D eigenvalue weighted by atomic mass is 79.9. The van der Waals surface area contributed by atoms with Crippen molar-refractivity contribution in [2.24, 2.45) is 0 Å². The van der Waals surface area contributed by atoms with E-state index in [9.17, 15) is 14.4 Å². The number of carbonyl (C=O) groups is 3. The first-order valence-electron chi connectivity index (χ1n) is 8.37. The fraction of sp³-hybridized carbons (Fsp3) is 0.500. The minimum Gasteiger partial charge on any atom is -0.462 e. The molecule has 0 aliphatic carbocycles. The van der Waals surface area contributed by atoms with Gasteiger partial charge in [0.2, 0.25) is 5.91 Å². The molecule has 0 heterocycles.